The van der Waals surface area contributed by atoms with Crippen LogP contribution in [0.25, 0.3) is 0 Å². The molecule has 0 unspecified atom stereocenters. The minimum absolute atomic E-state index is 0.500. The van der Waals surface area contributed by atoms with Crippen molar-refractivity contribution in [2.75, 3.05) is 7.05 Å². The molecule has 0 heterocycles. The minimum atomic E-state index is 0.500. The van der Waals surface area contributed by atoms with E-state index in [1.54, 1.807) is 0 Å². The molecule has 0 radical (unpaired) electrons. The van der Waals surface area contributed by atoms with Crippen molar-refractivity contribution in [2.24, 2.45) is 5.92 Å². The Labute approximate surface area is 64.5 Å². The maximum Gasteiger partial charge on any atom is 0.0273 e. The maximum atomic E-state index is 3.92. The van der Waals surface area contributed by atoms with Crippen LogP contribution >= 0.6 is 0 Å². The van der Waals surface area contributed by atoms with E-state index in [0.29, 0.717) is 6.04 Å². The second kappa shape index (κ2) is 4.51. The predicted octanol–water partition coefficient (Wildman–Crippen LogP) is 2.20. The Morgan fingerprint density at radius 1 is 1.50 bits per heavy atom. The lowest BCUT2D eigenvalue weighted by molar-refractivity contribution is 0.485. The average Bonchev–Trinajstić information content (AvgIpc) is 1.81. The molecular formula is C9H19N. The highest BCUT2D eigenvalue weighted by Gasteiger charge is 2.07. The first-order chi connectivity index (χ1) is 4.57. The first-order valence-electron chi connectivity index (χ1n) is 3.90. The molecule has 0 saturated heterocycles. The Morgan fingerprint density at radius 3 is 2.10 bits per heavy atom. The molecule has 1 atom stereocenters. The van der Waals surface area contributed by atoms with Gasteiger partial charge in [-0.3, -0.25) is 0 Å². The lowest BCUT2D eigenvalue weighted by Gasteiger charge is -2.17. The van der Waals surface area contributed by atoms with Crippen molar-refractivity contribution >= 4 is 0 Å². The van der Waals surface area contributed by atoms with Gasteiger partial charge in [0.2, 0.25) is 0 Å². The number of rotatable bonds is 4. The van der Waals surface area contributed by atoms with Crippen molar-refractivity contribution < 1.29 is 0 Å². The highest BCUT2D eigenvalue weighted by molar-refractivity contribution is 5.00. The van der Waals surface area contributed by atoms with Crippen LogP contribution in [0.15, 0.2) is 12.2 Å². The first-order valence-corrected chi connectivity index (χ1v) is 3.90. The van der Waals surface area contributed by atoms with Crippen LogP contribution in [0, 0.1) is 5.92 Å². The Kier molecular flexibility index (Phi) is 4.37. The van der Waals surface area contributed by atoms with E-state index < -0.39 is 0 Å². The predicted molar refractivity (Wildman–Crippen MR) is 47.1 cm³/mol. The monoisotopic (exact) mass is 141 g/mol. The summed E-state index contributed by atoms with van der Waals surface area (Å²) in [5.41, 5.74) is 1.23. The summed E-state index contributed by atoms with van der Waals surface area (Å²) in [4.78, 5) is 0. The fourth-order valence-corrected chi connectivity index (χ4v) is 1.04. The molecule has 0 fully saturated rings. The van der Waals surface area contributed by atoms with Crippen molar-refractivity contribution in [3.63, 3.8) is 0 Å². The molecule has 0 aliphatic rings. The molecule has 1 heteroatoms. The van der Waals surface area contributed by atoms with Gasteiger partial charge in [-0.1, -0.05) is 26.0 Å². The molecule has 10 heavy (non-hydrogen) atoms. The van der Waals surface area contributed by atoms with Gasteiger partial charge in [-0.25, -0.2) is 0 Å². The Hall–Kier alpha value is -0.300. The molecular weight excluding hydrogens is 122 g/mol. The zero-order valence-electron chi connectivity index (χ0n) is 7.57. The second-order valence-electron chi connectivity index (χ2n) is 3.32. The topological polar surface area (TPSA) is 12.0 Å². The summed E-state index contributed by atoms with van der Waals surface area (Å²) in [7, 11) is 1.99. The van der Waals surface area contributed by atoms with Crippen molar-refractivity contribution in [3.05, 3.63) is 12.2 Å². The highest BCUT2D eigenvalue weighted by Crippen LogP contribution is 2.09. The van der Waals surface area contributed by atoms with Gasteiger partial charge in [0, 0.05) is 6.04 Å². The van der Waals surface area contributed by atoms with Crippen LogP contribution in [0.2, 0.25) is 0 Å². The van der Waals surface area contributed by atoms with Crippen LogP contribution in [-0.2, 0) is 0 Å². The molecule has 0 aliphatic heterocycles. The molecule has 0 bridgehead atoms. The smallest absolute Gasteiger partial charge is 0.0273 e. The van der Waals surface area contributed by atoms with E-state index in [1.165, 1.54) is 12.0 Å². The SMILES string of the molecule is C=C(C)[C@H](CC(C)C)NC. The summed E-state index contributed by atoms with van der Waals surface area (Å²) in [6.07, 6.45) is 1.19. The summed E-state index contributed by atoms with van der Waals surface area (Å²) < 4.78 is 0. The third-order valence-corrected chi connectivity index (χ3v) is 1.65. The van der Waals surface area contributed by atoms with Crippen molar-refractivity contribution in [2.45, 2.75) is 33.2 Å². The van der Waals surface area contributed by atoms with Gasteiger partial charge in [-0.15, -0.1) is 0 Å². The van der Waals surface area contributed by atoms with Gasteiger partial charge in [-0.2, -0.15) is 0 Å². The molecule has 0 aromatic rings. The molecule has 0 aromatic carbocycles. The summed E-state index contributed by atoms with van der Waals surface area (Å²) in [5.74, 6) is 0.745. The summed E-state index contributed by atoms with van der Waals surface area (Å²) in [5, 5.41) is 3.23. The van der Waals surface area contributed by atoms with Gasteiger partial charge < -0.3 is 5.32 Å². The fraction of sp³-hybridized carbons (Fsp3) is 0.778. The van der Waals surface area contributed by atoms with E-state index in [-0.39, 0.29) is 0 Å². The third-order valence-electron chi connectivity index (χ3n) is 1.65. The average molecular weight is 141 g/mol. The number of nitrogens with one attached hydrogen (secondary N) is 1. The van der Waals surface area contributed by atoms with Gasteiger partial charge >= 0.3 is 0 Å². The quantitative estimate of drug-likeness (QED) is 0.592. The van der Waals surface area contributed by atoms with Crippen LogP contribution in [0.4, 0.5) is 0 Å². The van der Waals surface area contributed by atoms with Crippen LogP contribution < -0.4 is 5.32 Å². The maximum absolute atomic E-state index is 3.92. The Bertz CT molecular complexity index is 105. The highest BCUT2D eigenvalue weighted by atomic mass is 14.9. The number of hydrogen-bond donors (Lipinski definition) is 1. The first kappa shape index (κ1) is 9.70. The zero-order valence-corrected chi connectivity index (χ0v) is 7.57. The molecule has 1 N–H and O–H groups in total. The Balaban J connectivity index is 3.72. The molecule has 0 saturated carbocycles. The molecule has 0 spiro atoms. The van der Waals surface area contributed by atoms with Crippen molar-refractivity contribution in [1.29, 1.82) is 0 Å². The normalized spacial score (nSPS) is 13.7. The molecule has 0 aliphatic carbocycles. The molecule has 0 rings (SSSR count). The van der Waals surface area contributed by atoms with Crippen LogP contribution in [-0.4, -0.2) is 13.1 Å². The van der Waals surface area contributed by atoms with E-state index in [4.69, 9.17) is 0 Å². The van der Waals surface area contributed by atoms with E-state index in [2.05, 4.69) is 32.7 Å². The molecule has 0 amide bonds. The second-order valence-corrected chi connectivity index (χ2v) is 3.32. The lowest BCUT2D eigenvalue weighted by atomic mass is 9.99. The van der Waals surface area contributed by atoms with E-state index in [9.17, 15) is 0 Å². The van der Waals surface area contributed by atoms with E-state index in [1.807, 2.05) is 7.05 Å². The lowest BCUT2D eigenvalue weighted by Crippen LogP contribution is -2.27. The van der Waals surface area contributed by atoms with Gasteiger partial charge in [0.05, 0.1) is 0 Å². The van der Waals surface area contributed by atoms with Gasteiger partial charge in [0.15, 0.2) is 0 Å². The van der Waals surface area contributed by atoms with Crippen LogP contribution in [0.1, 0.15) is 27.2 Å². The van der Waals surface area contributed by atoms with Gasteiger partial charge in [0.25, 0.3) is 0 Å². The summed E-state index contributed by atoms with van der Waals surface area (Å²) in [6.45, 7) is 10.4. The van der Waals surface area contributed by atoms with E-state index >= 15 is 0 Å². The summed E-state index contributed by atoms with van der Waals surface area (Å²) >= 11 is 0. The van der Waals surface area contributed by atoms with E-state index in [0.717, 1.165) is 5.92 Å². The molecule has 1 nitrogen and oxygen atoms in total. The standard InChI is InChI=1S/C9H19N/c1-7(2)6-9(10-5)8(3)4/h7,9-10H,3,6H2,1-2,4-5H3/t9-/m0/s1. The Morgan fingerprint density at radius 2 is 2.00 bits per heavy atom. The van der Waals surface area contributed by atoms with Crippen LogP contribution in [0.5, 0.6) is 0 Å². The van der Waals surface area contributed by atoms with Crippen molar-refractivity contribution in [1.82, 2.24) is 5.32 Å². The summed E-state index contributed by atoms with van der Waals surface area (Å²) in [6, 6.07) is 0.500. The number of likely N-dealkylation sites (N-methyl/N-ethyl adjacent to an activating group) is 1. The fourth-order valence-electron chi connectivity index (χ4n) is 1.04. The van der Waals surface area contributed by atoms with Crippen LogP contribution in [0.3, 0.4) is 0 Å². The largest absolute Gasteiger partial charge is 0.313 e. The van der Waals surface area contributed by atoms with Crippen molar-refractivity contribution in [3.8, 4) is 0 Å². The zero-order chi connectivity index (χ0) is 8.15. The van der Waals surface area contributed by atoms with Gasteiger partial charge in [-0.05, 0) is 26.3 Å². The van der Waals surface area contributed by atoms with Gasteiger partial charge in [0.1, 0.15) is 0 Å². The minimum Gasteiger partial charge on any atom is -0.313 e. The number of hydrogen-bond acceptors (Lipinski definition) is 1. The third kappa shape index (κ3) is 3.67. The molecule has 0 aromatic heterocycles. The molecule has 60 valence electrons.